The molecule has 0 fully saturated rings. The summed E-state index contributed by atoms with van der Waals surface area (Å²) in [6, 6.07) is 3.34. The van der Waals surface area contributed by atoms with Crippen molar-refractivity contribution in [2.75, 3.05) is 7.11 Å². The monoisotopic (exact) mass is 268 g/mol. The second kappa shape index (κ2) is 5.27. The van der Waals surface area contributed by atoms with Crippen LogP contribution in [0.1, 0.15) is 5.56 Å². The van der Waals surface area contributed by atoms with Crippen LogP contribution in [0.15, 0.2) is 18.2 Å². The molecule has 0 atom stereocenters. The minimum atomic E-state index is -4.78. The van der Waals surface area contributed by atoms with E-state index in [4.69, 9.17) is 11.6 Å². The summed E-state index contributed by atoms with van der Waals surface area (Å²) >= 11 is 5.72. The van der Waals surface area contributed by atoms with Crippen molar-refractivity contribution in [1.82, 2.24) is 0 Å². The van der Waals surface area contributed by atoms with Gasteiger partial charge in [0.2, 0.25) is 0 Å². The Hall–Kier alpha value is -1.43. The average Bonchev–Trinajstić information content (AvgIpc) is 2.20. The zero-order valence-corrected chi connectivity index (χ0v) is 9.43. The zero-order chi connectivity index (χ0) is 13.1. The maximum Gasteiger partial charge on any atom is 0.573 e. The Balaban J connectivity index is 2.90. The lowest BCUT2D eigenvalue weighted by atomic mass is 10.1. The number of methoxy groups -OCH3 is 1. The normalized spacial score (nSPS) is 11.1. The summed E-state index contributed by atoms with van der Waals surface area (Å²) in [5.41, 5.74) is 0.209. The molecule has 0 aliphatic heterocycles. The first-order valence-corrected chi connectivity index (χ1v) is 4.80. The molecule has 94 valence electrons. The molecule has 0 saturated carbocycles. The average molecular weight is 269 g/mol. The molecule has 1 aromatic carbocycles. The van der Waals surface area contributed by atoms with Crippen LogP contribution in [0.3, 0.4) is 0 Å². The van der Waals surface area contributed by atoms with E-state index in [1.165, 1.54) is 13.2 Å². The van der Waals surface area contributed by atoms with Gasteiger partial charge in [-0.3, -0.25) is 4.79 Å². The summed E-state index contributed by atoms with van der Waals surface area (Å²) in [4.78, 5) is 11.0. The van der Waals surface area contributed by atoms with Gasteiger partial charge in [-0.25, -0.2) is 0 Å². The fourth-order valence-corrected chi connectivity index (χ4v) is 1.30. The Labute approximate surface area is 100 Å². The van der Waals surface area contributed by atoms with Gasteiger partial charge in [-0.2, -0.15) is 0 Å². The molecule has 1 aromatic rings. The molecular formula is C10H8ClF3O3. The lowest BCUT2D eigenvalue weighted by molar-refractivity contribution is -0.274. The maximum atomic E-state index is 12.0. The van der Waals surface area contributed by atoms with Gasteiger partial charge in [-0.1, -0.05) is 11.6 Å². The van der Waals surface area contributed by atoms with Gasteiger partial charge in [-0.05, 0) is 23.8 Å². The standard InChI is InChI=1S/C10H8ClF3O3/c1-16-9(15)5-6-4-7(2-3-8(6)11)17-10(12,13)14/h2-4H,5H2,1H3. The third kappa shape index (κ3) is 4.52. The number of carbonyl (C=O) groups excluding carboxylic acids is 1. The summed E-state index contributed by atoms with van der Waals surface area (Å²) in [5.74, 6) is -1.03. The molecule has 1 rings (SSSR count). The van der Waals surface area contributed by atoms with E-state index in [1.807, 2.05) is 0 Å². The molecule has 3 nitrogen and oxygen atoms in total. The van der Waals surface area contributed by atoms with Crippen molar-refractivity contribution in [1.29, 1.82) is 0 Å². The van der Waals surface area contributed by atoms with Gasteiger partial charge in [0.25, 0.3) is 0 Å². The number of hydrogen-bond donors (Lipinski definition) is 0. The van der Waals surface area contributed by atoms with Gasteiger partial charge >= 0.3 is 12.3 Å². The largest absolute Gasteiger partial charge is 0.573 e. The molecule has 0 spiro atoms. The molecule has 17 heavy (non-hydrogen) atoms. The summed E-state index contributed by atoms with van der Waals surface area (Å²) in [6.45, 7) is 0. The highest BCUT2D eigenvalue weighted by Crippen LogP contribution is 2.27. The summed E-state index contributed by atoms with van der Waals surface area (Å²) in [6.07, 6.45) is -5.00. The molecule has 0 unspecified atom stereocenters. The van der Waals surface area contributed by atoms with Gasteiger partial charge in [0.05, 0.1) is 13.5 Å². The minimum absolute atomic E-state index is 0.171. The lowest BCUT2D eigenvalue weighted by Gasteiger charge is -2.10. The molecule has 0 aliphatic rings. The van der Waals surface area contributed by atoms with Gasteiger partial charge in [0, 0.05) is 5.02 Å². The Morgan fingerprint density at radius 3 is 2.59 bits per heavy atom. The smallest absolute Gasteiger partial charge is 0.469 e. The van der Waals surface area contributed by atoms with Crippen LogP contribution in [0, 0.1) is 0 Å². The molecular weight excluding hydrogens is 261 g/mol. The van der Waals surface area contributed by atoms with Crippen molar-refractivity contribution >= 4 is 17.6 Å². The third-order valence-electron chi connectivity index (χ3n) is 1.81. The van der Waals surface area contributed by atoms with E-state index in [0.717, 1.165) is 12.1 Å². The van der Waals surface area contributed by atoms with Crippen molar-refractivity contribution in [3.63, 3.8) is 0 Å². The number of hydrogen-bond acceptors (Lipinski definition) is 3. The Bertz CT molecular complexity index is 418. The molecule has 0 saturated heterocycles. The number of alkyl halides is 3. The first-order chi connectivity index (χ1) is 7.81. The predicted octanol–water partition coefficient (Wildman–Crippen LogP) is 2.95. The first kappa shape index (κ1) is 13.6. The SMILES string of the molecule is COC(=O)Cc1cc(OC(F)(F)F)ccc1Cl. The number of esters is 1. The highest BCUT2D eigenvalue weighted by Gasteiger charge is 2.31. The fraction of sp³-hybridized carbons (Fsp3) is 0.300. The summed E-state index contributed by atoms with van der Waals surface area (Å²) in [5, 5.41) is 0.171. The van der Waals surface area contributed by atoms with Crippen LogP contribution in [0.2, 0.25) is 5.02 Å². The van der Waals surface area contributed by atoms with Gasteiger partial charge in [0.1, 0.15) is 5.75 Å². The Kier molecular flexibility index (Phi) is 4.22. The van der Waals surface area contributed by atoms with Crippen molar-refractivity contribution < 1.29 is 27.4 Å². The van der Waals surface area contributed by atoms with E-state index in [9.17, 15) is 18.0 Å². The molecule has 0 heterocycles. The number of rotatable bonds is 3. The van der Waals surface area contributed by atoms with Crippen LogP contribution in [0.4, 0.5) is 13.2 Å². The molecule has 0 N–H and O–H groups in total. The summed E-state index contributed by atoms with van der Waals surface area (Å²) in [7, 11) is 1.17. The van der Waals surface area contributed by atoms with Gasteiger partial charge in [-0.15, -0.1) is 13.2 Å². The van der Waals surface area contributed by atoms with E-state index >= 15 is 0 Å². The van der Waals surface area contributed by atoms with Gasteiger partial charge < -0.3 is 9.47 Å². The third-order valence-corrected chi connectivity index (χ3v) is 2.18. The molecule has 7 heteroatoms. The van der Waals surface area contributed by atoms with E-state index < -0.39 is 18.1 Å². The number of halogens is 4. The maximum absolute atomic E-state index is 12.0. The molecule has 0 aliphatic carbocycles. The second-order valence-corrected chi connectivity index (χ2v) is 3.46. The van der Waals surface area contributed by atoms with Crippen LogP contribution in [0.25, 0.3) is 0 Å². The van der Waals surface area contributed by atoms with E-state index in [1.54, 1.807) is 0 Å². The summed E-state index contributed by atoms with van der Waals surface area (Å²) < 4.78 is 44.0. The van der Waals surface area contributed by atoms with E-state index in [0.29, 0.717) is 0 Å². The molecule has 0 bridgehead atoms. The predicted molar refractivity (Wildman–Crippen MR) is 53.9 cm³/mol. The van der Waals surface area contributed by atoms with Crippen molar-refractivity contribution in [3.05, 3.63) is 28.8 Å². The highest BCUT2D eigenvalue weighted by molar-refractivity contribution is 6.31. The lowest BCUT2D eigenvalue weighted by Crippen LogP contribution is -2.17. The second-order valence-electron chi connectivity index (χ2n) is 3.05. The van der Waals surface area contributed by atoms with Crippen molar-refractivity contribution in [3.8, 4) is 5.75 Å². The molecule has 0 aromatic heterocycles. The number of benzene rings is 1. The first-order valence-electron chi connectivity index (χ1n) is 4.43. The minimum Gasteiger partial charge on any atom is -0.469 e. The van der Waals surface area contributed by atoms with Gasteiger partial charge in [0.15, 0.2) is 0 Å². The molecule has 0 radical (unpaired) electrons. The van der Waals surface area contributed by atoms with Crippen LogP contribution in [0.5, 0.6) is 5.75 Å². The highest BCUT2D eigenvalue weighted by atomic mass is 35.5. The van der Waals surface area contributed by atoms with Crippen LogP contribution in [-0.2, 0) is 16.0 Å². The van der Waals surface area contributed by atoms with Crippen LogP contribution in [-0.4, -0.2) is 19.4 Å². The van der Waals surface area contributed by atoms with E-state index in [2.05, 4.69) is 9.47 Å². The topological polar surface area (TPSA) is 35.5 Å². The molecule has 0 amide bonds. The quantitative estimate of drug-likeness (QED) is 0.791. The van der Waals surface area contributed by atoms with Crippen molar-refractivity contribution in [2.24, 2.45) is 0 Å². The Morgan fingerprint density at radius 2 is 2.06 bits per heavy atom. The number of ether oxygens (including phenoxy) is 2. The fourth-order valence-electron chi connectivity index (χ4n) is 1.11. The van der Waals surface area contributed by atoms with Crippen LogP contribution < -0.4 is 4.74 Å². The number of carbonyl (C=O) groups is 1. The van der Waals surface area contributed by atoms with E-state index in [-0.39, 0.29) is 17.0 Å². The van der Waals surface area contributed by atoms with Crippen molar-refractivity contribution in [2.45, 2.75) is 12.8 Å². The Morgan fingerprint density at radius 1 is 1.41 bits per heavy atom. The van der Waals surface area contributed by atoms with Crippen LogP contribution >= 0.6 is 11.6 Å². The zero-order valence-electron chi connectivity index (χ0n) is 8.68.